The monoisotopic (exact) mass is 352 g/mol. The molecule has 2 aromatic rings. The minimum Gasteiger partial charge on any atom is -0.489 e. The number of aryl methyl sites for hydroxylation is 1. The van der Waals surface area contributed by atoms with Crippen molar-refractivity contribution in [2.24, 2.45) is 0 Å². The molecule has 0 aliphatic heterocycles. The van der Waals surface area contributed by atoms with Crippen LogP contribution in [0, 0.1) is 12.7 Å². The summed E-state index contributed by atoms with van der Waals surface area (Å²) in [7, 11) is 0. The first kappa shape index (κ1) is 15.6. The Labute approximate surface area is 132 Å². The molecule has 3 nitrogen and oxygen atoms in total. The molecular formula is C16H18BrFN2O. The number of benzene rings is 2. The first-order chi connectivity index (χ1) is 9.88. The Balaban J connectivity index is 2.34. The molecule has 21 heavy (non-hydrogen) atoms. The molecule has 0 aliphatic rings. The average molecular weight is 353 g/mol. The van der Waals surface area contributed by atoms with Gasteiger partial charge in [0.2, 0.25) is 0 Å². The molecule has 0 atom stereocenters. The van der Waals surface area contributed by atoms with Gasteiger partial charge in [-0.25, -0.2) is 4.39 Å². The van der Waals surface area contributed by atoms with Gasteiger partial charge < -0.3 is 15.8 Å². The Hall–Kier alpha value is -1.75. The maximum Gasteiger partial charge on any atom is 0.144 e. The second-order valence-corrected chi connectivity index (χ2v) is 5.94. The average Bonchev–Trinajstić information content (AvgIpc) is 2.40. The molecular weight excluding hydrogens is 335 g/mol. The molecule has 0 spiro atoms. The first-order valence-corrected chi connectivity index (χ1v) is 7.45. The molecule has 0 radical (unpaired) electrons. The third-order valence-electron chi connectivity index (χ3n) is 2.97. The van der Waals surface area contributed by atoms with Gasteiger partial charge in [0, 0.05) is 5.69 Å². The van der Waals surface area contributed by atoms with E-state index in [1.165, 1.54) is 6.07 Å². The Kier molecular flexibility index (Phi) is 4.73. The molecule has 112 valence electrons. The Morgan fingerprint density at radius 1 is 1.24 bits per heavy atom. The van der Waals surface area contributed by atoms with Gasteiger partial charge in [0.1, 0.15) is 11.6 Å². The minimum atomic E-state index is -0.323. The predicted octanol–water partition coefficient (Wildman–Crippen LogP) is 5.01. The van der Waals surface area contributed by atoms with Crippen LogP contribution in [-0.4, -0.2) is 6.10 Å². The van der Waals surface area contributed by atoms with Gasteiger partial charge >= 0.3 is 0 Å². The Bertz CT molecular complexity index is 659. The number of rotatable bonds is 4. The van der Waals surface area contributed by atoms with Gasteiger partial charge in [-0.1, -0.05) is 6.07 Å². The largest absolute Gasteiger partial charge is 0.489 e. The zero-order chi connectivity index (χ0) is 15.6. The molecule has 0 saturated heterocycles. The second-order valence-electron chi connectivity index (χ2n) is 5.09. The van der Waals surface area contributed by atoms with Gasteiger partial charge in [-0.05, 0) is 66.5 Å². The Morgan fingerprint density at radius 2 is 1.95 bits per heavy atom. The summed E-state index contributed by atoms with van der Waals surface area (Å²) in [6, 6.07) is 8.66. The van der Waals surface area contributed by atoms with Crippen molar-refractivity contribution < 1.29 is 9.13 Å². The third kappa shape index (κ3) is 3.67. The van der Waals surface area contributed by atoms with E-state index in [1.54, 1.807) is 6.07 Å². The van der Waals surface area contributed by atoms with E-state index in [0.29, 0.717) is 27.3 Å². The van der Waals surface area contributed by atoms with Crippen molar-refractivity contribution in [1.82, 2.24) is 0 Å². The summed E-state index contributed by atoms with van der Waals surface area (Å²) < 4.78 is 19.8. The van der Waals surface area contributed by atoms with Crippen LogP contribution in [0.15, 0.2) is 34.8 Å². The molecule has 0 fully saturated rings. The number of para-hydroxylation sites is 1. The van der Waals surface area contributed by atoms with Crippen LogP contribution in [0.4, 0.5) is 21.5 Å². The van der Waals surface area contributed by atoms with Crippen molar-refractivity contribution in [2.75, 3.05) is 11.1 Å². The summed E-state index contributed by atoms with van der Waals surface area (Å²) in [5.41, 5.74) is 8.89. The third-order valence-corrected chi connectivity index (χ3v) is 3.57. The van der Waals surface area contributed by atoms with Crippen molar-refractivity contribution in [3.8, 4) is 5.75 Å². The van der Waals surface area contributed by atoms with Crippen molar-refractivity contribution in [3.63, 3.8) is 0 Å². The van der Waals surface area contributed by atoms with Crippen LogP contribution in [0.5, 0.6) is 5.75 Å². The van der Waals surface area contributed by atoms with Gasteiger partial charge in [0.25, 0.3) is 0 Å². The fraction of sp³-hybridized carbons (Fsp3) is 0.250. The van der Waals surface area contributed by atoms with E-state index in [1.807, 2.05) is 39.0 Å². The molecule has 0 saturated carbocycles. The number of hydrogen-bond donors (Lipinski definition) is 2. The number of nitrogens with two attached hydrogens (primary N) is 1. The summed E-state index contributed by atoms with van der Waals surface area (Å²) >= 11 is 3.17. The van der Waals surface area contributed by atoms with E-state index in [0.717, 1.165) is 5.56 Å². The lowest BCUT2D eigenvalue weighted by molar-refractivity contribution is 0.244. The van der Waals surface area contributed by atoms with E-state index in [9.17, 15) is 4.39 Å². The number of nitrogen functional groups attached to an aromatic ring is 1. The fourth-order valence-electron chi connectivity index (χ4n) is 1.94. The van der Waals surface area contributed by atoms with Crippen LogP contribution in [-0.2, 0) is 0 Å². The van der Waals surface area contributed by atoms with Crippen LogP contribution in [0.25, 0.3) is 0 Å². The number of ether oxygens (including phenoxy) is 1. The zero-order valence-electron chi connectivity index (χ0n) is 12.2. The lowest BCUT2D eigenvalue weighted by Crippen LogP contribution is -2.08. The zero-order valence-corrected chi connectivity index (χ0v) is 13.8. The lowest BCUT2D eigenvalue weighted by Gasteiger charge is -2.17. The first-order valence-electron chi connectivity index (χ1n) is 6.66. The van der Waals surface area contributed by atoms with Crippen LogP contribution >= 0.6 is 15.9 Å². The molecule has 2 aromatic carbocycles. The molecule has 5 heteroatoms. The molecule has 3 N–H and O–H groups in total. The van der Waals surface area contributed by atoms with E-state index < -0.39 is 0 Å². The highest BCUT2D eigenvalue weighted by molar-refractivity contribution is 9.10. The van der Waals surface area contributed by atoms with Crippen molar-refractivity contribution in [2.45, 2.75) is 26.9 Å². The van der Waals surface area contributed by atoms with Gasteiger partial charge in [0.15, 0.2) is 0 Å². The molecule has 0 heterocycles. The summed E-state index contributed by atoms with van der Waals surface area (Å²) in [6.45, 7) is 5.78. The molecule has 0 aromatic heterocycles. The molecule has 2 rings (SSSR count). The number of halogens is 2. The summed E-state index contributed by atoms with van der Waals surface area (Å²) in [4.78, 5) is 0. The van der Waals surface area contributed by atoms with E-state index >= 15 is 0 Å². The predicted molar refractivity (Wildman–Crippen MR) is 88.7 cm³/mol. The molecule has 0 aliphatic carbocycles. The van der Waals surface area contributed by atoms with Gasteiger partial charge in [-0.15, -0.1) is 0 Å². The maximum absolute atomic E-state index is 13.7. The normalized spacial score (nSPS) is 10.8. The summed E-state index contributed by atoms with van der Waals surface area (Å²) in [6.07, 6.45) is 0.0365. The highest BCUT2D eigenvalue weighted by atomic mass is 79.9. The standard InChI is InChI=1S/C16H18BrFN2O/c1-9(2)21-15-6-4-5-13(16(15)19)20-14-8-12(18)11(17)7-10(14)3/h4-9,20H,19H2,1-3H3. The maximum atomic E-state index is 13.7. The van der Waals surface area contributed by atoms with Crippen LogP contribution in [0.3, 0.4) is 0 Å². The number of anilines is 3. The van der Waals surface area contributed by atoms with Gasteiger partial charge in [-0.3, -0.25) is 0 Å². The SMILES string of the molecule is Cc1cc(Br)c(F)cc1Nc1cccc(OC(C)C)c1N. The van der Waals surface area contributed by atoms with Crippen LogP contribution in [0.1, 0.15) is 19.4 Å². The lowest BCUT2D eigenvalue weighted by atomic mass is 10.1. The summed E-state index contributed by atoms with van der Waals surface area (Å²) in [5, 5.41) is 3.16. The van der Waals surface area contributed by atoms with Crippen LogP contribution in [0.2, 0.25) is 0 Å². The quantitative estimate of drug-likeness (QED) is 0.760. The molecule has 0 bridgehead atoms. The van der Waals surface area contributed by atoms with E-state index in [4.69, 9.17) is 10.5 Å². The van der Waals surface area contributed by atoms with Crippen molar-refractivity contribution in [3.05, 3.63) is 46.2 Å². The Morgan fingerprint density at radius 3 is 2.62 bits per heavy atom. The van der Waals surface area contributed by atoms with Crippen molar-refractivity contribution >= 4 is 33.0 Å². The molecule has 0 unspecified atom stereocenters. The van der Waals surface area contributed by atoms with Crippen LogP contribution < -0.4 is 15.8 Å². The molecule has 0 amide bonds. The van der Waals surface area contributed by atoms with Gasteiger partial charge in [-0.2, -0.15) is 0 Å². The van der Waals surface area contributed by atoms with Crippen molar-refractivity contribution in [1.29, 1.82) is 0 Å². The van der Waals surface area contributed by atoms with E-state index in [-0.39, 0.29) is 11.9 Å². The van der Waals surface area contributed by atoms with Gasteiger partial charge in [0.05, 0.1) is 22.0 Å². The highest BCUT2D eigenvalue weighted by Gasteiger charge is 2.10. The fourth-order valence-corrected chi connectivity index (χ4v) is 2.39. The topological polar surface area (TPSA) is 47.3 Å². The number of hydrogen-bond acceptors (Lipinski definition) is 3. The highest BCUT2D eigenvalue weighted by Crippen LogP contribution is 2.34. The van der Waals surface area contributed by atoms with E-state index in [2.05, 4.69) is 21.2 Å². The second kappa shape index (κ2) is 6.35. The minimum absolute atomic E-state index is 0.0365. The summed E-state index contributed by atoms with van der Waals surface area (Å²) in [5.74, 6) is 0.293. The smallest absolute Gasteiger partial charge is 0.144 e. The number of nitrogens with one attached hydrogen (secondary N) is 1.